The van der Waals surface area contributed by atoms with Crippen LogP contribution in [0.1, 0.15) is 62.5 Å². The van der Waals surface area contributed by atoms with Crippen molar-refractivity contribution in [2.45, 2.75) is 51.0 Å². The van der Waals surface area contributed by atoms with Gasteiger partial charge in [0, 0.05) is 45.6 Å². The lowest BCUT2D eigenvalue weighted by Gasteiger charge is -2.36. The molecule has 28 heavy (non-hydrogen) atoms. The summed E-state index contributed by atoms with van der Waals surface area (Å²) >= 11 is 5.72. The Balaban J connectivity index is 1.69. The van der Waals surface area contributed by atoms with Crippen LogP contribution in [-0.4, -0.2) is 39.5 Å². The molecule has 1 aromatic carbocycles. The van der Waals surface area contributed by atoms with E-state index in [9.17, 15) is 9.18 Å². The molecule has 0 spiro atoms. The highest BCUT2D eigenvalue weighted by Crippen LogP contribution is 2.32. The average molecular weight is 414 g/mol. The Morgan fingerprint density at radius 3 is 2.79 bits per heavy atom. The number of nitrogens with zero attached hydrogens (tertiary/aromatic N) is 3. The van der Waals surface area contributed by atoms with Crippen LogP contribution in [0, 0.1) is 5.82 Å². The maximum Gasteiger partial charge on any atom is 0.253 e. The number of benzene rings is 1. The van der Waals surface area contributed by atoms with Crippen molar-refractivity contribution in [1.82, 2.24) is 14.9 Å². The molecule has 4 nitrogen and oxygen atoms in total. The van der Waals surface area contributed by atoms with E-state index in [0.29, 0.717) is 0 Å². The van der Waals surface area contributed by atoms with Crippen LogP contribution in [0.25, 0.3) is 0 Å². The van der Waals surface area contributed by atoms with Crippen LogP contribution in [0.15, 0.2) is 30.6 Å². The zero-order valence-electron chi connectivity index (χ0n) is 21.3. The maximum absolute atomic E-state index is 15.7. The molecule has 1 amide bonds. The van der Waals surface area contributed by atoms with E-state index in [1.807, 2.05) is 0 Å². The summed E-state index contributed by atoms with van der Waals surface area (Å²) < 4.78 is 77.4. The van der Waals surface area contributed by atoms with E-state index in [2.05, 4.69) is 9.97 Å². The smallest absolute Gasteiger partial charge is 0.253 e. The number of hydrogen-bond donors (Lipinski definition) is 0. The molecule has 2 heterocycles. The fourth-order valence-corrected chi connectivity index (χ4v) is 3.02. The van der Waals surface area contributed by atoms with Gasteiger partial charge in [0.1, 0.15) is 17.3 Å². The molecule has 1 aromatic heterocycles. The van der Waals surface area contributed by atoms with E-state index in [-0.39, 0.29) is 34.9 Å². The molecule has 1 unspecified atom stereocenters. The van der Waals surface area contributed by atoms with Crippen molar-refractivity contribution in [3.63, 3.8) is 0 Å². The molecule has 3 rings (SSSR count). The first kappa shape index (κ1) is 14.0. The Morgan fingerprint density at radius 2 is 2.14 bits per heavy atom. The van der Waals surface area contributed by atoms with Crippen LogP contribution in [0.5, 0.6) is 0 Å². The number of hydrogen-bond acceptors (Lipinski definition) is 3. The van der Waals surface area contributed by atoms with Gasteiger partial charge in [-0.2, -0.15) is 0 Å². The second-order valence-electron chi connectivity index (χ2n) is 6.47. The third-order valence-electron chi connectivity index (χ3n) is 4.56. The molecule has 1 atom stereocenters. The minimum Gasteiger partial charge on any atom is -0.338 e. The fourth-order valence-electron chi connectivity index (χ4n) is 2.84. The van der Waals surface area contributed by atoms with Gasteiger partial charge in [0.05, 0.1) is 5.02 Å². The normalized spacial score (nSPS) is 25.6. The first-order valence-corrected chi connectivity index (χ1v) is 9.20. The number of aromatic nitrogens is 2. The highest BCUT2D eigenvalue weighted by Gasteiger charge is 2.35. The SMILES string of the molecule is [2H]C([2H])(C)c1cnc(C([2H])([2H])CCC2(F)CCN(C(=O)c3ccc(F)c(Cl)c3)CC2([2H])[2H])nc1. The molecular weight excluding hydrogens is 384 g/mol. The topological polar surface area (TPSA) is 46.1 Å². The Kier molecular flexibility index (Phi) is 4.47. The molecule has 1 saturated heterocycles. The molecule has 0 radical (unpaired) electrons. The van der Waals surface area contributed by atoms with Crippen molar-refractivity contribution in [3.8, 4) is 0 Å². The Morgan fingerprint density at radius 1 is 1.39 bits per heavy atom. The summed E-state index contributed by atoms with van der Waals surface area (Å²) in [4.78, 5) is 21.6. The second-order valence-corrected chi connectivity index (χ2v) is 6.88. The van der Waals surface area contributed by atoms with E-state index in [1.165, 1.54) is 25.4 Å². The third kappa shape index (κ3) is 5.04. The zero-order valence-corrected chi connectivity index (χ0v) is 16.1. The Bertz CT molecular complexity index is 1070. The quantitative estimate of drug-likeness (QED) is 0.683. The number of alkyl halides is 1. The molecule has 1 aliphatic rings. The number of aryl methyl sites for hydroxylation is 2. The molecule has 0 aliphatic carbocycles. The summed E-state index contributed by atoms with van der Waals surface area (Å²) in [6.45, 7) is 0.650. The van der Waals surface area contributed by atoms with Gasteiger partial charge in [-0.25, -0.2) is 18.7 Å². The molecule has 2 aromatic rings. The standard InChI is InChI=1S/C21H24ClF2N3O/c1-2-15-13-25-19(26-14-15)4-3-7-21(24)8-10-27(11-9-21)20(28)16-5-6-18(23)17(22)12-16/h5-6,12-14H,2-4,7-11H2,1H3/i2D2,4D2,8D2. The largest absolute Gasteiger partial charge is 0.338 e. The second kappa shape index (κ2) is 8.95. The summed E-state index contributed by atoms with van der Waals surface area (Å²) in [6, 6.07) is 3.38. The molecule has 0 saturated carbocycles. The lowest BCUT2D eigenvalue weighted by molar-refractivity contribution is 0.0389. The van der Waals surface area contributed by atoms with Crippen molar-refractivity contribution in [3.05, 3.63) is 58.4 Å². The molecule has 7 heteroatoms. The highest BCUT2D eigenvalue weighted by molar-refractivity contribution is 6.31. The summed E-state index contributed by atoms with van der Waals surface area (Å²) in [7, 11) is 0. The van der Waals surface area contributed by atoms with Crippen LogP contribution in [0.2, 0.25) is 5.02 Å². The number of likely N-dealkylation sites (tertiary alicyclic amines) is 1. The lowest BCUT2D eigenvalue weighted by Crippen LogP contribution is -2.44. The minimum atomic E-state index is -2.47. The minimum absolute atomic E-state index is 0.0574. The van der Waals surface area contributed by atoms with Gasteiger partial charge in [0.15, 0.2) is 0 Å². The number of halogens is 3. The Labute approximate surface area is 177 Å². The van der Waals surface area contributed by atoms with Gasteiger partial charge in [-0.3, -0.25) is 4.79 Å². The van der Waals surface area contributed by atoms with Gasteiger partial charge < -0.3 is 4.90 Å². The summed E-state index contributed by atoms with van der Waals surface area (Å²) in [5.41, 5.74) is -2.18. The number of rotatable bonds is 6. The maximum atomic E-state index is 15.7. The van der Waals surface area contributed by atoms with Crippen molar-refractivity contribution in [2.75, 3.05) is 13.1 Å². The van der Waals surface area contributed by atoms with Crippen molar-refractivity contribution >= 4 is 17.5 Å². The molecule has 0 N–H and O–H groups in total. The van der Waals surface area contributed by atoms with Gasteiger partial charge >= 0.3 is 0 Å². The molecular formula is C21H24ClF2N3O. The number of carbonyl (C=O) groups excluding carboxylic acids is 1. The predicted molar refractivity (Wildman–Crippen MR) is 105 cm³/mol. The van der Waals surface area contributed by atoms with E-state index >= 15 is 4.39 Å². The number of amides is 1. The highest BCUT2D eigenvalue weighted by atomic mass is 35.5. The van der Waals surface area contributed by atoms with Crippen LogP contribution < -0.4 is 0 Å². The van der Waals surface area contributed by atoms with Crippen molar-refractivity contribution in [2.24, 2.45) is 0 Å². The lowest BCUT2D eigenvalue weighted by atomic mass is 9.88. The van der Waals surface area contributed by atoms with Crippen LogP contribution in [0.4, 0.5) is 8.78 Å². The van der Waals surface area contributed by atoms with Crippen LogP contribution >= 0.6 is 11.6 Å². The zero-order chi connectivity index (χ0) is 25.5. The number of piperidine rings is 1. The van der Waals surface area contributed by atoms with Gasteiger partial charge in [-0.05, 0) is 55.8 Å². The molecule has 150 valence electrons. The molecule has 0 bridgehead atoms. The van der Waals surface area contributed by atoms with Crippen molar-refractivity contribution < 1.29 is 21.8 Å². The van der Waals surface area contributed by atoms with Crippen LogP contribution in [-0.2, 0) is 12.7 Å². The van der Waals surface area contributed by atoms with E-state index < -0.39 is 55.9 Å². The van der Waals surface area contributed by atoms with Crippen molar-refractivity contribution in [1.29, 1.82) is 0 Å². The summed E-state index contributed by atoms with van der Waals surface area (Å²) in [6.07, 6.45) is -5.23. The predicted octanol–water partition coefficient (Wildman–Crippen LogP) is 4.80. The summed E-state index contributed by atoms with van der Waals surface area (Å²) in [5.74, 6) is -1.55. The van der Waals surface area contributed by atoms with Gasteiger partial charge in [-0.1, -0.05) is 18.5 Å². The molecule has 1 fully saturated rings. The van der Waals surface area contributed by atoms with E-state index in [0.717, 1.165) is 17.0 Å². The monoisotopic (exact) mass is 413 g/mol. The van der Waals surface area contributed by atoms with E-state index in [4.69, 9.17) is 19.8 Å². The first-order chi connectivity index (χ1) is 15.6. The average Bonchev–Trinajstić information content (AvgIpc) is 2.75. The van der Waals surface area contributed by atoms with E-state index in [1.54, 1.807) is 0 Å². The van der Waals surface area contributed by atoms with Gasteiger partial charge in [-0.15, -0.1) is 0 Å². The van der Waals surface area contributed by atoms with Crippen LogP contribution in [0.3, 0.4) is 0 Å². The third-order valence-corrected chi connectivity index (χ3v) is 4.85. The van der Waals surface area contributed by atoms with Gasteiger partial charge in [0.25, 0.3) is 5.91 Å². The summed E-state index contributed by atoms with van der Waals surface area (Å²) in [5, 5.41) is -0.252. The molecule has 1 aliphatic heterocycles. The first-order valence-electron chi connectivity index (χ1n) is 11.8. The fraction of sp³-hybridized carbons (Fsp3) is 0.476. The van der Waals surface area contributed by atoms with Gasteiger partial charge in [0.2, 0.25) is 0 Å². The number of carbonyl (C=O) groups is 1. The Hall–Kier alpha value is -2.08.